The maximum Gasteiger partial charge on any atom is 0.343 e. The van der Waals surface area contributed by atoms with Gasteiger partial charge in [-0.05, 0) is 60.7 Å². The molecule has 0 spiro atoms. The first-order valence-corrected chi connectivity index (χ1v) is 9.62. The second kappa shape index (κ2) is 7.33. The fourth-order valence-electron chi connectivity index (χ4n) is 3.68. The molecule has 0 radical (unpaired) electrons. The summed E-state index contributed by atoms with van der Waals surface area (Å²) >= 11 is 0. The van der Waals surface area contributed by atoms with Crippen LogP contribution >= 0.6 is 0 Å². The first-order chi connectivity index (χ1) is 14.7. The maximum absolute atomic E-state index is 12.9. The van der Waals surface area contributed by atoms with Gasteiger partial charge in [-0.1, -0.05) is 42.5 Å². The highest BCUT2D eigenvalue weighted by Crippen LogP contribution is 2.25. The lowest BCUT2D eigenvalue weighted by atomic mass is 10.1. The zero-order chi connectivity index (χ0) is 20.5. The molecular formula is C26H17NO3. The SMILES string of the molecule is O=C(Oc1ccc(-n2c3ccccc3c(=O)c3ccccc32)cc1)c1ccccc1. The number of pyridine rings is 1. The summed E-state index contributed by atoms with van der Waals surface area (Å²) < 4.78 is 7.54. The molecule has 0 amide bonds. The first-order valence-electron chi connectivity index (χ1n) is 9.62. The third-order valence-electron chi connectivity index (χ3n) is 5.09. The Balaban J connectivity index is 1.60. The largest absolute Gasteiger partial charge is 0.423 e. The molecule has 144 valence electrons. The fourth-order valence-corrected chi connectivity index (χ4v) is 3.68. The molecule has 0 aliphatic rings. The van der Waals surface area contributed by atoms with Crippen molar-refractivity contribution in [3.8, 4) is 11.4 Å². The molecule has 1 aromatic heterocycles. The number of nitrogens with zero attached hydrogens (tertiary/aromatic N) is 1. The molecule has 0 unspecified atom stereocenters. The number of hydrogen-bond donors (Lipinski definition) is 0. The second-order valence-electron chi connectivity index (χ2n) is 6.95. The standard InChI is InChI=1S/C26H17NO3/c28-25-21-10-4-6-12-23(21)27(24-13-7-5-11-22(24)25)19-14-16-20(17-15-19)30-26(29)18-8-2-1-3-9-18/h1-17H. The molecule has 0 saturated heterocycles. The zero-order valence-electron chi connectivity index (χ0n) is 16.0. The molecule has 1 heterocycles. The van der Waals surface area contributed by atoms with Crippen LogP contribution in [0.1, 0.15) is 10.4 Å². The smallest absolute Gasteiger partial charge is 0.343 e. The molecule has 5 rings (SSSR count). The Bertz CT molecular complexity index is 1370. The van der Waals surface area contributed by atoms with E-state index in [0.29, 0.717) is 22.1 Å². The Labute approximate surface area is 172 Å². The van der Waals surface area contributed by atoms with Gasteiger partial charge in [-0.25, -0.2) is 4.79 Å². The van der Waals surface area contributed by atoms with Crippen LogP contribution in [0.4, 0.5) is 0 Å². The van der Waals surface area contributed by atoms with Crippen LogP contribution < -0.4 is 10.2 Å². The monoisotopic (exact) mass is 391 g/mol. The zero-order valence-corrected chi connectivity index (χ0v) is 16.0. The van der Waals surface area contributed by atoms with Gasteiger partial charge in [0.05, 0.1) is 16.6 Å². The van der Waals surface area contributed by atoms with E-state index in [1.807, 2.05) is 66.7 Å². The lowest BCUT2D eigenvalue weighted by Gasteiger charge is -2.15. The van der Waals surface area contributed by atoms with E-state index in [4.69, 9.17) is 4.74 Å². The summed E-state index contributed by atoms with van der Waals surface area (Å²) in [4.78, 5) is 25.2. The average molecular weight is 391 g/mol. The van der Waals surface area contributed by atoms with Crippen molar-refractivity contribution in [2.24, 2.45) is 0 Å². The van der Waals surface area contributed by atoms with E-state index in [2.05, 4.69) is 4.57 Å². The van der Waals surface area contributed by atoms with E-state index < -0.39 is 5.97 Å². The van der Waals surface area contributed by atoms with Crippen LogP contribution in [0.3, 0.4) is 0 Å². The number of fused-ring (bicyclic) bond motifs is 2. The van der Waals surface area contributed by atoms with Gasteiger partial charge >= 0.3 is 5.97 Å². The number of rotatable bonds is 3. The van der Waals surface area contributed by atoms with Crippen LogP contribution in [0, 0.1) is 0 Å². The minimum absolute atomic E-state index is 0.0193. The van der Waals surface area contributed by atoms with Gasteiger partial charge in [0.15, 0.2) is 5.43 Å². The Hall–Kier alpha value is -4.18. The van der Waals surface area contributed by atoms with Crippen LogP contribution in [-0.4, -0.2) is 10.5 Å². The molecule has 0 N–H and O–H groups in total. The van der Waals surface area contributed by atoms with Gasteiger partial charge in [0.1, 0.15) is 5.75 Å². The van der Waals surface area contributed by atoms with Gasteiger partial charge in [0, 0.05) is 16.5 Å². The summed E-state index contributed by atoms with van der Waals surface area (Å²) in [6, 6.07) is 31.3. The first kappa shape index (κ1) is 17.9. The van der Waals surface area contributed by atoms with Gasteiger partial charge in [0.2, 0.25) is 0 Å². The number of aromatic nitrogens is 1. The summed E-state index contributed by atoms with van der Waals surface area (Å²) in [5.74, 6) is 0.0601. The van der Waals surface area contributed by atoms with E-state index in [-0.39, 0.29) is 5.43 Å². The van der Waals surface area contributed by atoms with Crippen molar-refractivity contribution >= 4 is 27.8 Å². The van der Waals surface area contributed by atoms with Gasteiger partial charge in [0.25, 0.3) is 0 Å². The van der Waals surface area contributed by atoms with Gasteiger partial charge in [-0.3, -0.25) is 4.79 Å². The quantitative estimate of drug-likeness (QED) is 0.236. The Morgan fingerprint density at radius 2 is 1.17 bits per heavy atom. The van der Waals surface area contributed by atoms with Gasteiger partial charge in [-0.2, -0.15) is 0 Å². The minimum Gasteiger partial charge on any atom is -0.423 e. The summed E-state index contributed by atoms with van der Waals surface area (Å²) in [6.07, 6.45) is 0. The third kappa shape index (κ3) is 3.05. The van der Waals surface area contributed by atoms with E-state index >= 15 is 0 Å². The summed E-state index contributed by atoms with van der Waals surface area (Å²) in [7, 11) is 0. The van der Waals surface area contributed by atoms with Crippen LogP contribution in [-0.2, 0) is 0 Å². The third-order valence-corrected chi connectivity index (χ3v) is 5.09. The molecular weight excluding hydrogens is 374 g/mol. The predicted octanol–water partition coefficient (Wildman–Crippen LogP) is 5.36. The number of para-hydroxylation sites is 2. The van der Waals surface area contributed by atoms with Crippen molar-refractivity contribution in [3.63, 3.8) is 0 Å². The molecule has 4 nitrogen and oxygen atoms in total. The molecule has 4 heteroatoms. The number of hydrogen-bond acceptors (Lipinski definition) is 3. The molecule has 5 aromatic rings. The summed E-state index contributed by atoms with van der Waals surface area (Å²) in [6.45, 7) is 0. The van der Waals surface area contributed by atoms with Crippen molar-refractivity contribution in [1.29, 1.82) is 0 Å². The topological polar surface area (TPSA) is 48.3 Å². The highest BCUT2D eigenvalue weighted by atomic mass is 16.5. The van der Waals surface area contributed by atoms with Crippen molar-refractivity contribution in [2.45, 2.75) is 0 Å². The van der Waals surface area contributed by atoms with Crippen molar-refractivity contribution in [3.05, 3.63) is 119 Å². The highest BCUT2D eigenvalue weighted by Gasteiger charge is 2.12. The number of esters is 1. The number of ether oxygens (including phenoxy) is 1. The maximum atomic E-state index is 12.9. The van der Waals surface area contributed by atoms with Gasteiger partial charge in [-0.15, -0.1) is 0 Å². The van der Waals surface area contributed by atoms with Crippen LogP contribution in [0.5, 0.6) is 5.75 Å². The fraction of sp³-hybridized carbons (Fsp3) is 0. The van der Waals surface area contributed by atoms with Crippen molar-refractivity contribution in [2.75, 3.05) is 0 Å². The van der Waals surface area contributed by atoms with E-state index in [1.165, 1.54) is 0 Å². The summed E-state index contributed by atoms with van der Waals surface area (Å²) in [5, 5.41) is 1.33. The van der Waals surface area contributed by atoms with E-state index in [0.717, 1.165) is 16.7 Å². The summed E-state index contributed by atoms with van der Waals surface area (Å²) in [5.41, 5.74) is 3.05. The van der Waals surface area contributed by atoms with Gasteiger partial charge < -0.3 is 9.30 Å². The lowest BCUT2D eigenvalue weighted by Crippen LogP contribution is -2.10. The lowest BCUT2D eigenvalue weighted by molar-refractivity contribution is 0.0735. The average Bonchev–Trinajstić information content (AvgIpc) is 2.81. The number of carbonyl (C=O) groups excluding carboxylic acids is 1. The molecule has 0 bridgehead atoms. The van der Waals surface area contributed by atoms with E-state index in [9.17, 15) is 9.59 Å². The molecule has 0 atom stereocenters. The Morgan fingerprint density at radius 1 is 0.633 bits per heavy atom. The van der Waals surface area contributed by atoms with Crippen molar-refractivity contribution < 1.29 is 9.53 Å². The number of benzene rings is 4. The van der Waals surface area contributed by atoms with Crippen LogP contribution in [0.25, 0.3) is 27.5 Å². The highest BCUT2D eigenvalue weighted by molar-refractivity contribution is 5.95. The molecule has 30 heavy (non-hydrogen) atoms. The van der Waals surface area contributed by atoms with Crippen molar-refractivity contribution in [1.82, 2.24) is 4.57 Å². The molecule has 4 aromatic carbocycles. The molecule has 0 aliphatic heterocycles. The van der Waals surface area contributed by atoms with E-state index in [1.54, 1.807) is 36.4 Å². The second-order valence-corrected chi connectivity index (χ2v) is 6.95. The molecule has 0 aliphatic carbocycles. The molecule has 0 saturated carbocycles. The Kier molecular flexibility index (Phi) is 4.37. The van der Waals surface area contributed by atoms with Crippen LogP contribution in [0.2, 0.25) is 0 Å². The van der Waals surface area contributed by atoms with Crippen LogP contribution in [0.15, 0.2) is 108 Å². The Morgan fingerprint density at radius 3 is 1.77 bits per heavy atom. The molecule has 0 fully saturated rings. The minimum atomic E-state index is -0.400. The number of carbonyl (C=O) groups is 1. The normalized spacial score (nSPS) is 10.9. The predicted molar refractivity (Wildman–Crippen MR) is 118 cm³/mol.